The van der Waals surface area contributed by atoms with Crippen LogP contribution in [0.2, 0.25) is 0 Å². The highest BCUT2D eigenvalue weighted by molar-refractivity contribution is 4.51. The predicted octanol–water partition coefficient (Wildman–Crippen LogP) is 4.64. The van der Waals surface area contributed by atoms with Crippen molar-refractivity contribution in [3.05, 3.63) is 0 Å². The SMILES string of the molecule is CC(C)(C)O.CCCCCCCCCCCCN. The Morgan fingerprint density at radius 2 is 1.00 bits per heavy atom. The topological polar surface area (TPSA) is 46.2 Å². The minimum absolute atomic E-state index is 0.500. The minimum atomic E-state index is -0.500. The molecule has 112 valence electrons. The van der Waals surface area contributed by atoms with E-state index in [1.54, 1.807) is 20.8 Å². The first-order valence-electron chi connectivity index (χ1n) is 7.84. The first-order valence-corrected chi connectivity index (χ1v) is 7.84. The second kappa shape index (κ2) is 15.0. The third-order valence-corrected chi connectivity index (χ3v) is 2.56. The van der Waals surface area contributed by atoms with Crippen LogP contribution in [0.15, 0.2) is 0 Å². The van der Waals surface area contributed by atoms with Crippen molar-refractivity contribution >= 4 is 0 Å². The Bertz CT molecular complexity index is 125. The lowest BCUT2D eigenvalue weighted by Gasteiger charge is -2.04. The van der Waals surface area contributed by atoms with E-state index < -0.39 is 5.60 Å². The average molecular weight is 259 g/mol. The van der Waals surface area contributed by atoms with E-state index in [1.165, 1.54) is 64.2 Å². The molecule has 2 nitrogen and oxygen atoms in total. The molecule has 0 saturated carbocycles. The van der Waals surface area contributed by atoms with E-state index in [2.05, 4.69) is 6.92 Å². The Morgan fingerprint density at radius 1 is 0.722 bits per heavy atom. The maximum atomic E-state index is 8.52. The van der Waals surface area contributed by atoms with Gasteiger partial charge in [0.15, 0.2) is 0 Å². The predicted molar refractivity (Wildman–Crippen MR) is 82.9 cm³/mol. The van der Waals surface area contributed by atoms with Gasteiger partial charge >= 0.3 is 0 Å². The fourth-order valence-corrected chi connectivity index (χ4v) is 1.63. The van der Waals surface area contributed by atoms with Crippen molar-refractivity contribution < 1.29 is 5.11 Å². The van der Waals surface area contributed by atoms with Crippen molar-refractivity contribution in [1.82, 2.24) is 0 Å². The largest absolute Gasteiger partial charge is 0.391 e. The lowest BCUT2D eigenvalue weighted by atomic mass is 10.1. The summed E-state index contributed by atoms with van der Waals surface area (Å²) in [6.07, 6.45) is 13.9. The minimum Gasteiger partial charge on any atom is -0.391 e. The van der Waals surface area contributed by atoms with Crippen LogP contribution in [0.4, 0.5) is 0 Å². The summed E-state index contributed by atoms with van der Waals surface area (Å²) in [4.78, 5) is 0. The van der Waals surface area contributed by atoms with Gasteiger partial charge in [-0.2, -0.15) is 0 Å². The quantitative estimate of drug-likeness (QED) is 0.561. The highest BCUT2D eigenvalue weighted by Gasteiger charge is 1.97. The molecule has 0 heterocycles. The van der Waals surface area contributed by atoms with Crippen LogP contribution in [0.1, 0.15) is 91.9 Å². The van der Waals surface area contributed by atoms with Crippen LogP contribution >= 0.6 is 0 Å². The summed E-state index contributed by atoms with van der Waals surface area (Å²) in [5.74, 6) is 0. The lowest BCUT2D eigenvalue weighted by molar-refractivity contribution is 0.102. The van der Waals surface area contributed by atoms with Crippen molar-refractivity contribution in [2.24, 2.45) is 5.73 Å². The molecule has 0 saturated heterocycles. The van der Waals surface area contributed by atoms with Gasteiger partial charge in [0.25, 0.3) is 0 Å². The molecule has 0 radical (unpaired) electrons. The first kappa shape index (κ1) is 20.2. The molecule has 0 spiro atoms. The Morgan fingerprint density at radius 3 is 1.28 bits per heavy atom. The van der Waals surface area contributed by atoms with Crippen LogP contribution in [0.25, 0.3) is 0 Å². The molecular weight excluding hydrogens is 222 g/mol. The smallest absolute Gasteiger partial charge is 0.0563 e. The Labute approximate surface area is 115 Å². The Kier molecular flexibility index (Phi) is 16.8. The van der Waals surface area contributed by atoms with Gasteiger partial charge in [-0.1, -0.05) is 64.7 Å². The molecule has 0 aromatic heterocycles. The maximum absolute atomic E-state index is 8.52. The second-order valence-electron chi connectivity index (χ2n) is 6.14. The number of aliphatic hydroxyl groups is 1. The van der Waals surface area contributed by atoms with Gasteiger partial charge in [0.1, 0.15) is 0 Å². The fraction of sp³-hybridized carbons (Fsp3) is 1.00. The average Bonchev–Trinajstić information content (AvgIpc) is 2.25. The molecule has 3 N–H and O–H groups in total. The molecule has 0 aliphatic carbocycles. The van der Waals surface area contributed by atoms with Crippen LogP contribution in [-0.4, -0.2) is 17.3 Å². The van der Waals surface area contributed by atoms with Gasteiger partial charge in [-0.15, -0.1) is 0 Å². The summed E-state index contributed by atoms with van der Waals surface area (Å²) in [5.41, 5.74) is 4.92. The molecule has 0 aromatic carbocycles. The number of nitrogens with two attached hydrogens (primary N) is 1. The highest BCUT2D eigenvalue weighted by Crippen LogP contribution is 2.09. The fourth-order valence-electron chi connectivity index (χ4n) is 1.63. The summed E-state index contributed by atoms with van der Waals surface area (Å²) >= 11 is 0. The number of rotatable bonds is 10. The third-order valence-electron chi connectivity index (χ3n) is 2.56. The van der Waals surface area contributed by atoms with Gasteiger partial charge < -0.3 is 10.8 Å². The third kappa shape index (κ3) is 36.0. The van der Waals surface area contributed by atoms with Crippen LogP contribution in [0.5, 0.6) is 0 Å². The van der Waals surface area contributed by atoms with Gasteiger partial charge in [-0.25, -0.2) is 0 Å². The molecule has 0 amide bonds. The van der Waals surface area contributed by atoms with E-state index in [-0.39, 0.29) is 0 Å². The van der Waals surface area contributed by atoms with Gasteiger partial charge in [-0.05, 0) is 33.7 Å². The molecule has 0 aromatic rings. The zero-order chi connectivity index (χ0) is 14.3. The monoisotopic (exact) mass is 259 g/mol. The van der Waals surface area contributed by atoms with Crippen LogP contribution < -0.4 is 5.73 Å². The van der Waals surface area contributed by atoms with E-state index in [0.717, 1.165) is 6.54 Å². The van der Waals surface area contributed by atoms with E-state index in [0.29, 0.717) is 0 Å². The summed E-state index contributed by atoms with van der Waals surface area (Å²) < 4.78 is 0. The van der Waals surface area contributed by atoms with Crippen LogP contribution in [-0.2, 0) is 0 Å². The van der Waals surface area contributed by atoms with Gasteiger partial charge in [0, 0.05) is 0 Å². The summed E-state index contributed by atoms with van der Waals surface area (Å²) in [7, 11) is 0. The van der Waals surface area contributed by atoms with Crippen molar-refractivity contribution in [2.45, 2.75) is 97.5 Å². The van der Waals surface area contributed by atoms with Gasteiger partial charge in [0.2, 0.25) is 0 Å². The highest BCUT2D eigenvalue weighted by atomic mass is 16.3. The van der Waals surface area contributed by atoms with E-state index in [1.807, 2.05) is 0 Å². The molecular formula is C16H37NO. The van der Waals surface area contributed by atoms with Crippen molar-refractivity contribution in [3.63, 3.8) is 0 Å². The molecule has 18 heavy (non-hydrogen) atoms. The summed E-state index contributed by atoms with van der Waals surface area (Å²) in [6, 6.07) is 0. The van der Waals surface area contributed by atoms with E-state index in [9.17, 15) is 0 Å². The zero-order valence-corrected chi connectivity index (χ0v) is 13.3. The van der Waals surface area contributed by atoms with Crippen molar-refractivity contribution in [3.8, 4) is 0 Å². The Hall–Kier alpha value is -0.0800. The van der Waals surface area contributed by atoms with Gasteiger partial charge in [0.05, 0.1) is 5.60 Å². The molecule has 0 rings (SSSR count). The second-order valence-corrected chi connectivity index (χ2v) is 6.14. The molecule has 0 aliphatic rings. The van der Waals surface area contributed by atoms with E-state index >= 15 is 0 Å². The van der Waals surface area contributed by atoms with Crippen molar-refractivity contribution in [2.75, 3.05) is 6.54 Å². The van der Waals surface area contributed by atoms with Gasteiger partial charge in [-0.3, -0.25) is 0 Å². The number of hydrogen-bond donors (Lipinski definition) is 2. The maximum Gasteiger partial charge on any atom is 0.0563 e. The first-order chi connectivity index (χ1) is 8.41. The Balaban J connectivity index is 0. The molecule has 2 heteroatoms. The normalized spacial score (nSPS) is 11.0. The van der Waals surface area contributed by atoms with E-state index in [4.69, 9.17) is 10.8 Å². The molecule has 0 aliphatic heterocycles. The van der Waals surface area contributed by atoms with Crippen molar-refractivity contribution in [1.29, 1.82) is 0 Å². The molecule has 0 atom stereocenters. The molecule has 0 fully saturated rings. The van der Waals surface area contributed by atoms with Crippen LogP contribution in [0.3, 0.4) is 0 Å². The molecule has 0 unspecified atom stereocenters. The summed E-state index contributed by atoms with van der Waals surface area (Å²) in [5, 5.41) is 8.52. The standard InChI is InChI=1S/C12H27N.C4H10O/c1-2-3-4-5-6-7-8-9-10-11-12-13;1-4(2,3)5/h2-13H2,1H3;5H,1-3H3. The zero-order valence-electron chi connectivity index (χ0n) is 13.3. The van der Waals surface area contributed by atoms with Crippen LogP contribution in [0, 0.1) is 0 Å². The summed E-state index contributed by atoms with van der Waals surface area (Å²) in [6.45, 7) is 8.37. The lowest BCUT2D eigenvalue weighted by Crippen LogP contribution is -2.10. The number of hydrogen-bond acceptors (Lipinski definition) is 2. The number of unbranched alkanes of at least 4 members (excludes halogenated alkanes) is 9. The molecule has 0 bridgehead atoms.